The number of nitrogens with zero attached hydrogens (tertiary/aromatic N) is 4. The average molecular weight is 575 g/mol. The van der Waals surface area contributed by atoms with Crippen molar-refractivity contribution in [1.29, 1.82) is 0 Å². The number of piperazine rings is 1. The average Bonchev–Trinajstić information content (AvgIpc) is 3.30. The Morgan fingerprint density at radius 1 is 0.947 bits per heavy atom. The highest BCUT2D eigenvalue weighted by Gasteiger charge is 2.41. The van der Waals surface area contributed by atoms with Crippen molar-refractivity contribution in [3.05, 3.63) is 69.0 Å². The number of rotatable bonds is 4. The summed E-state index contributed by atoms with van der Waals surface area (Å²) < 4.78 is 53.2. The molecular formula is C26H28Cl2F4N4O2. The van der Waals surface area contributed by atoms with Gasteiger partial charge in [0.15, 0.2) is 0 Å². The molecule has 2 aromatic rings. The zero-order valence-electron chi connectivity index (χ0n) is 20.9. The first-order valence-electron chi connectivity index (χ1n) is 12.2. The summed E-state index contributed by atoms with van der Waals surface area (Å²) in [6.07, 6.45) is -4.77. The molecule has 2 fully saturated rings. The van der Waals surface area contributed by atoms with Crippen molar-refractivity contribution in [3.8, 4) is 0 Å². The Morgan fingerprint density at radius 3 is 2.18 bits per heavy atom. The van der Waals surface area contributed by atoms with Crippen LogP contribution in [-0.4, -0.2) is 83.9 Å². The second kappa shape index (κ2) is 11.3. The Morgan fingerprint density at radius 2 is 1.61 bits per heavy atom. The van der Waals surface area contributed by atoms with Gasteiger partial charge in [-0.05, 0) is 42.4 Å². The van der Waals surface area contributed by atoms with Crippen LogP contribution in [0.1, 0.15) is 29.5 Å². The van der Waals surface area contributed by atoms with E-state index in [0.717, 1.165) is 17.7 Å². The number of benzene rings is 2. The van der Waals surface area contributed by atoms with Crippen LogP contribution in [0.2, 0.25) is 10.0 Å². The lowest BCUT2D eigenvalue weighted by Crippen LogP contribution is -2.53. The summed E-state index contributed by atoms with van der Waals surface area (Å²) in [5, 5.41) is 0.773. The second-order valence-corrected chi connectivity index (χ2v) is 10.6. The molecule has 38 heavy (non-hydrogen) atoms. The number of halogens is 6. The van der Waals surface area contributed by atoms with Gasteiger partial charge in [0.05, 0.1) is 15.6 Å². The molecule has 12 heteroatoms. The van der Waals surface area contributed by atoms with Crippen molar-refractivity contribution >= 4 is 35.1 Å². The van der Waals surface area contributed by atoms with Crippen LogP contribution in [0.25, 0.3) is 0 Å². The molecule has 4 rings (SSSR count). The van der Waals surface area contributed by atoms with E-state index in [1.807, 2.05) is 11.0 Å². The maximum absolute atomic E-state index is 14.2. The van der Waals surface area contributed by atoms with Gasteiger partial charge in [0.2, 0.25) is 5.91 Å². The van der Waals surface area contributed by atoms with E-state index in [-0.39, 0.29) is 30.4 Å². The van der Waals surface area contributed by atoms with E-state index in [2.05, 4.69) is 0 Å². The lowest BCUT2D eigenvalue weighted by Gasteiger charge is -2.36. The van der Waals surface area contributed by atoms with Crippen molar-refractivity contribution < 1.29 is 27.2 Å². The number of likely N-dealkylation sites (tertiary alicyclic amines) is 1. The van der Waals surface area contributed by atoms with E-state index in [1.165, 1.54) is 13.0 Å². The van der Waals surface area contributed by atoms with Gasteiger partial charge < -0.3 is 14.7 Å². The molecule has 0 saturated carbocycles. The van der Waals surface area contributed by atoms with E-state index in [9.17, 15) is 27.2 Å². The van der Waals surface area contributed by atoms with E-state index < -0.39 is 17.6 Å². The predicted octanol–water partition coefficient (Wildman–Crippen LogP) is 5.34. The van der Waals surface area contributed by atoms with E-state index in [0.29, 0.717) is 54.9 Å². The van der Waals surface area contributed by atoms with E-state index in [1.54, 1.807) is 33.9 Å². The molecule has 2 saturated heterocycles. The first kappa shape index (κ1) is 28.4. The minimum atomic E-state index is -4.77. The third-order valence-electron chi connectivity index (χ3n) is 7.26. The van der Waals surface area contributed by atoms with Crippen LogP contribution >= 0.6 is 23.2 Å². The molecule has 2 aliphatic rings. The van der Waals surface area contributed by atoms with Gasteiger partial charge in [-0.15, -0.1) is 0 Å². The SMILES string of the molecule is CC(=O)N1CCN(C(=O)N2C[C@H](c3ccc(Cl)c(Cl)c3)[C@@H](N(C)Cc3ccc(C(F)(F)F)c(F)c3)C2)CC1. The number of carbonyl (C=O) groups excluding carboxylic acids is 2. The maximum Gasteiger partial charge on any atom is 0.419 e. The molecular weight excluding hydrogens is 547 g/mol. The fourth-order valence-corrected chi connectivity index (χ4v) is 5.47. The van der Waals surface area contributed by atoms with Crippen LogP contribution in [-0.2, 0) is 17.5 Å². The van der Waals surface area contributed by atoms with E-state index >= 15 is 0 Å². The van der Waals surface area contributed by atoms with Crippen LogP contribution in [0.15, 0.2) is 36.4 Å². The van der Waals surface area contributed by atoms with E-state index in [4.69, 9.17) is 23.2 Å². The number of hydrogen-bond donors (Lipinski definition) is 0. The Balaban J connectivity index is 1.54. The third-order valence-corrected chi connectivity index (χ3v) is 8.00. The topological polar surface area (TPSA) is 47.1 Å². The standard InChI is InChI=1S/C26H28Cl2F4N4O2/c1-16(37)34-7-9-35(10-8-34)25(38)36-14-19(18-4-6-21(27)22(28)12-18)24(15-36)33(2)13-17-3-5-20(23(29)11-17)26(30,31)32/h3-6,11-12,19,24H,7-10,13-15H2,1-2H3/t19-,24+/m1/s1. The van der Waals surface area contributed by atoms with Gasteiger partial charge in [-0.2, -0.15) is 13.2 Å². The van der Waals surface area contributed by atoms with Gasteiger partial charge in [-0.1, -0.05) is 35.3 Å². The van der Waals surface area contributed by atoms with Crippen LogP contribution < -0.4 is 0 Å². The predicted molar refractivity (Wildman–Crippen MR) is 137 cm³/mol. The minimum absolute atomic E-state index is 0.0284. The first-order valence-corrected chi connectivity index (χ1v) is 12.9. The van der Waals surface area contributed by atoms with Crippen molar-refractivity contribution in [2.45, 2.75) is 31.6 Å². The number of amides is 3. The number of alkyl halides is 3. The van der Waals surface area contributed by atoms with Crippen LogP contribution in [0, 0.1) is 5.82 Å². The summed E-state index contributed by atoms with van der Waals surface area (Å²) in [5.74, 6) is -1.52. The summed E-state index contributed by atoms with van der Waals surface area (Å²) in [6, 6.07) is 7.84. The summed E-state index contributed by atoms with van der Waals surface area (Å²) in [5.41, 5.74) is -0.0531. The molecule has 0 unspecified atom stereocenters. The Kier molecular flexibility index (Phi) is 8.44. The van der Waals surface area contributed by atoms with Crippen molar-refractivity contribution in [1.82, 2.24) is 19.6 Å². The van der Waals surface area contributed by atoms with Crippen LogP contribution in [0.3, 0.4) is 0 Å². The molecule has 0 radical (unpaired) electrons. The largest absolute Gasteiger partial charge is 0.419 e. The highest BCUT2D eigenvalue weighted by molar-refractivity contribution is 6.42. The maximum atomic E-state index is 14.2. The Hall–Kier alpha value is -2.56. The zero-order valence-corrected chi connectivity index (χ0v) is 22.5. The van der Waals surface area contributed by atoms with Gasteiger partial charge in [-0.3, -0.25) is 9.69 Å². The molecule has 2 heterocycles. The molecule has 2 aliphatic heterocycles. The van der Waals surface area contributed by atoms with Gasteiger partial charge in [0, 0.05) is 64.7 Å². The molecule has 0 spiro atoms. The summed E-state index contributed by atoms with van der Waals surface area (Å²) in [4.78, 5) is 32.1. The number of hydrogen-bond acceptors (Lipinski definition) is 3. The molecule has 206 valence electrons. The van der Waals surface area contributed by atoms with Crippen LogP contribution in [0.5, 0.6) is 0 Å². The van der Waals surface area contributed by atoms with Crippen LogP contribution in [0.4, 0.5) is 22.4 Å². The second-order valence-electron chi connectivity index (χ2n) is 9.76. The summed E-state index contributed by atoms with van der Waals surface area (Å²) in [6.45, 7) is 4.22. The Labute approximate surface area is 228 Å². The normalized spacial score (nSPS) is 20.4. The van der Waals surface area contributed by atoms with Gasteiger partial charge in [0.25, 0.3) is 0 Å². The van der Waals surface area contributed by atoms with Crippen molar-refractivity contribution in [2.24, 2.45) is 0 Å². The molecule has 2 aromatic carbocycles. The van der Waals surface area contributed by atoms with Crippen molar-refractivity contribution in [3.63, 3.8) is 0 Å². The number of likely N-dealkylation sites (N-methyl/N-ethyl adjacent to an activating group) is 1. The van der Waals surface area contributed by atoms with Gasteiger partial charge in [0.1, 0.15) is 5.82 Å². The molecule has 0 N–H and O–H groups in total. The number of carbonyl (C=O) groups is 2. The number of urea groups is 1. The quantitative estimate of drug-likeness (QED) is 0.463. The molecule has 0 bridgehead atoms. The lowest BCUT2D eigenvalue weighted by atomic mass is 9.93. The molecule has 6 nitrogen and oxygen atoms in total. The highest BCUT2D eigenvalue weighted by atomic mass is 35.5. The molecule has 0 aromatic heterocycles. The molecule has 3 amide bonds. The highest BCUT2D eigenvalue weighted by Crippen LogP contribution is 2.36. The fraction of sp³-hybridized carbons (Fsp3) is 0.462. The zero-order chi connectivity index (χ0) is 27.8. The monoisotopic (exact) mass is 574 g/mol. The third kappa shape index (κ3) is 6.18. The Bertz CT molecular complexity index is 1200. The first-order chi connectivity index (χ1) is 17.8. The molecule has 2 atom stereocenters. The van der Waals surface area contributed by atoms with Gasteiger partial charge >= 0.3 is 12.2 Å². The molecule has 0 aliphatic carbocycles. The van der Waals surface area contributed by atoms with Crippen molar-refractivity contribution in [2.75, 3.05) is 46.3 Å². The lowest BCUT2D eigenvalue weighted by molar-refractivity contribution is -0.140. The summed E-state index contributed by atoms with van der Waals surface area (Å²) in [7, 11) is 1.80. The minimum Gasteiger partial charge on any atom is -0.339 e. The summed E-state index contributed by atoms with van der Waals surface area (Å²) >= 11 is 12.4. The van der Waals surface area contributed by atoms with Gasteiger partial charge in [-0.25, -0.2) is 9.18 Å². The fourth-order valence-electron chi connectivity index (χ4n) is 5.16. The smallest absolute Gasteiger partial charge is 0.339 e.